The molecule has 2 aromatic carbocycles. The van der Waals surface area contributed by atoms with E-state index in [4.69, 9.17) is 39.5 Å². The van der Waals surface area contributed by atoms with Crippen LogP contribution in [-0.4, -0.2) is 5.97 Å². The van der Waals surface area contributed by atoms with Crippen LogP contribution >= 0.6 is 34.8 Å². The molecule has 2 nitrogen and oxygen atoms in total. The van der Waals surface area contributed by atoms with Gasteiger partial charge < -0.3 is 4.74 Å². The number of cyclic esters (lactones) is 1. The number of hydrogen-bond donors (Lipinski definition) is 0. The Hall–Kier alpha value is -1.48. The molecule has 0 radical (unpaired) electrons. The normalized spacial score (nSPS) is 15.8. The zero-order chi connectivity index (χ0) is 14.3. The zero-order valence-corrected chi connectivity index (χ0v) is 12.3. The quantitative estimate of drug-likeness (QED) is 0.671. The third kappa shape index (κ3) is 2.20. The molecule has 0 bridgehead atoms. The summed E-state index contributed by atoms with van der Waals surface area (Å²) in [5.74, 6) is -0.0699. The van der Waals surface area contributed by atoms with Gasteiger partial charge in [0.25, 0.3) is 0 Å². The van der Waals surface area contributed by atoms with Gasteiger partial charge in [0.05, 0.1) is 20.6 Å². The van der Waals surface area contributed by atoms with Crippen molar-refractivity contribution in [3.8, 4) is 0 Å². The van der Waals surface area contributed by atoms with Crippen LogP contribution in [0.3, 0.4) is 0 Å². The molecule has 0 saturated carbocycles. The molecular formula is C15H7Cl3O2. The first kappa shape index (κ1) is 13.5. The molecule has 0 spiro atoms. The molecule has 0 unspecified atom stereocenters. The molecule has 2 aromatic rings. The Morgan fingerprint density at radius 1 is 0.950 bits per heavy atom. The van der Waals surface area contributed by atoms with Crippen molar-refractivity contribution in [2.45, 2.75) is 0 Å². The Balaban J connectivity index is 2.16. The fourth-order valence-electron chi connectivity index (χ4n) is 1.99. The van der Waals surface area contributed by atoms with E-state index in [-0.39, 0.29) is 0 Å². The summed E-state index contributed by atoms with van der Waals surface area (Å²) in [5.41, 5.74) is 1.81. The Labute approximate surface area is 130 Å². The van der Waals surface area contributed by atoms with Gasteiger partial charge in [-0.15, -0.1) is 0 Å². The lowest BCUT2D eigenvalue weighted by atomic mass is 10.1. The van der Waals surface area contributed by atoms with Gasteiger partial charge in [0, 0.05) is 5.56 Å². The van der Waals surface area contributed by atoms with E-state index >= 15 is 0 Å². The van der Waals surface area contributed by atoms with E-state index in [1.807, 2.05) is 6.07 Å². The topological polar surface area (TPSA) is 26.3 Å². The van der Waals surface area contributed by atoms with E-state index in [0.29, 0.717) is 37.5 Å². The molecule has 5 heteroatoms. The molecule has 0 aliphatic carbocycles. The second-order valence-corrected chi connectivity index (χ2v) is 5.40. The van der Waals surface area contributed by atoms with Gasteiger partial charge in [-0.1, -0.05) is 59.1 Å². The van der Waals surface area contributed by atoms with Crippen LogP contribution in [0.2, 0.25) is 10.0 Å². The number of carbonyl (C=O) groups is 1. The first-order valence-electron chi connectivity index (χ1n) is 5.74. The Bertz CT molecular complexity index is 751. The fraction of sp³-hybridized carbons (Fsp3) is 0. The number of rotatable bonds is 1. The van der Waals surface area contributed by atoms with Gasteiger partial charge in [-0.25, -0.2) is 4.79 Å². The van der Waals surface area contributed by atoms with Gasteiger partial charge in [-0.05, 0) is 23.8 Å². The number of halogens is 3. The lowest BCUT2D eigenvalue weighted by Gasteiger charge is -2.05. The smallest absolute Gasteiger partial charge is 0.344 e. The minimum atomic E-state index is -0.409. The fourth-order valence-corrected chi connectivity index (χ4v) is 2.54. The SMILES string of the molecule is O=C1O/C(=C(/Cl)c2ccc(Cl)c(Cl)c2)c2ccccc21. The van der Waals surface area contributed by atoms with Gasteiger partial charge in [0.15, 0.2) is 5.76 Å². The van der Waals surface area contributed by atoms with Crippen molar-refractivity contribution in [2.75, 3.05) is 0 Å². The molecule has 20 heavy (non-hydrogen) atoms. The minimum absolute atomic E-state index is 0.321. The van der Waals surface area contributed by atoms with Crippen LogP contribution in [0, 0.1) is 0 Å². The standard InChI is InChI=1S/C15H7Cl3O2/c16-11-6-5-8(7-12(11)17)13(18)14-9-3-1-2-4-10(9)15(19)20-14/h1-7H/b14-13+. The molecule has 1 aliphatic rings. The molecule has 0 amide bonds. The van der Waals surface area contributed by atoms with E-state index in [1.165, 1.54) is 0 Å². The number of carbonyl (C=O) groups excluding carboxylic acids is 1. The lowest BCUT2D eigenvalue weighted by Crippen LogP contribution is -1.92. The Morgan fingerprint density at radius 2 is 1.65 bits per heavy atom. The summed E-state index contributed by atoms with van der Waals surface area (Å²) in [7, 11) is 0. The van der Waals surface area contributed by atoms with Crippen molar-refractivity contribution in [2.24, 2.45) is 0 Å². The molecule has 0 aromatic heterocycles. The minimum Gasteiger partial charge on any atom is -0.421 e. The van der Waals surface area contributed by atoms with Gasteiger partial charge in [-0.3, -0.25) is 0 Å². The predicted molar refractivity (Wildman–Crippen MR) is 81.0 cm³/mol. The Kier molecular flexibility index (Phi) is 3.47. The van der Waals surface area contributed by atoms with Gasteiger partial charge in [0.2, 0.25) is 0 Å². The summed E-state index contributed by atoms with van der Waals surface area (Å²) in [6.07, 6.45) is 0. The number of fused-ring (bicyclic) bond motifs is 1. The van der Waals surface area contributed by atoms with E-state index in [2.05, 4.69) is 0 Å². The van der Waals surface area contributed by atoms with E-state index in [1.54, 1.807) is 36.4 Å². The zero-order valence-electron chi connectivity index (χ0n) is 9.99. The van der Waals surface area contributed by atoms with Crippen LogP contribution < -0.4 is 0 Å². The molecule has 100 valence electrons. The second kappa shape index (κ2) is 5.13. The van der Waals surface area contributed by atoms with Crippen LogP contribution in [0.1, 0.15) is 21.5 Å². The van der Waals surface area contributed by atoms with Crippen molar-refractivity contribution >= 4 is 51.6 Å². The summed E-state index contributed by atoms with van der Waals surface area (Å²) in [6, 6.07) is 12.1. The number of hydrogen-bond acceptors (Lipinski definition) is 2. The monoisotopic (exact) mass is 324 g/mol. The van der Waals surface area contributed by atoms with Crippen LogP contribution in [0.15, 0.2) is 42.5 Å². The van der Waals surface area contributed by atoms with Crippen molar-refractivity contribution in [3.05, 3.63) is 69.2 Å². The highest BCUT2D eigenvalue weighted by atomic mass is 35.5. The third-order valence-corrected chi connectivity index (χ3v) is 4.09. The highest BCUT2D eigenvalue weighted by molar-refractivity contribution is 6.53. The third-order valence-electron chi connectivity index (χ3n) is 2.96. The molecule has 3 rings (SSSR count). The van der Waals surface area contributed by atoms with E-state index < -0.39 is 5.97 Å². The number of benzene rings is 2. The second-order valence-electron chi connectivity index (χ2n) is 4.21. The highest BCUT2D eigenvalue weighted by Crippen LogP contribution is 2.38. The molecule has 0 atom stereocenters. The summed E-state index contributed by atoms with van der Waals surface area (Å²) < 4.78 is 5.25. The van der Waals surface area contributed by atoms with Crippen LogP contribution in [0.25, 0.3) is 10.8 Å². The van der Waals surface area contributed by atoms with Crippen molar-refractivity contribution in [3.63, 3.8) is 0 Å². The molecule has 1 heterocycles. The summed E-state index contributed by atoms with van der Waals surface area (Å²) in [5, 5.41) is 1.15. The summed E-state index contributed by atoms with van der Waals surface area (Å²) in [4.78, 5) is 11.8. The number of ether oxygens (including phenoxy) is 1. The van der Waals surface area contributed by atoms with Crippen molar-refractivity contribution < 1.29 is 9.53 Å². The molecule has 0 saturated heterocycles. The molecule has 0 fully saturated rings. The van der Waals surface area contributed by atoms with Crippen LogP contribution in [-0.2, 0) is 4.74 Å². The van der Waals surface area contributed by atoms with Crippen molar-refractivity contribution in [1.29, 1.82) is 0 Å². The summed E-state index contributed by atoms with van der Waals surface area (Å²) in [6.45, 7) is 0. The largest absolute Gasteiger partial charge is 0.421 e. The average Bonchev–Trinajstić information content (AvgIpc) is 2.79. The maximum atomic E-state index is 11.8. The number of esters is 1. The average molecular weight is 326 g/mol. The van der Waals surface area contributed by atoms with Crippen LogP contribution in [0.5, 0.6) is 0 Å². The molecular weight excluding hydrogens is 319 g/mol. The van der Waals surface area contributed by atoms with E-state index in [0.717, 1.165) is 0 Å². The van der Waals surface area contributed by atoms with Gasteiger partial charge in [-0.2, -0.15) is 0 Å². The van der Waals surface area contributed by atoms with Crippen LogP contribution in [0.4, 0.5) is 0 Å². The van der Waals surface area contributed by atoms with Gasteiger partial charge in [0.1, 0.15) is 0 Å². The predicted octanol–water partition coefficient (Wildman–Crippen LogP) is 5.23. The highest BCUT2D eigenvalue weighted by Gasteiger charge is 2.28. The van der Waals surface area contributed by atoms with E-state index in [9.17, 15) is 4.79 Å². The Morgan fingerprint density at radius 3 is 2.35 bits per heavy atom. The maximum Gasteiger partial charge on any atom is 0.344 e. The lowest BCUT2D eigenvalue weighted by molar-refractivity contribution is 0.0717. The molecule has 0 N–H and O–H groups in total. The first-order chi connectivity index (χ1) is 9.58. The molecule has 1 aliphatic heterocycles. The van der Waals surface area contributed by atoms with Crippen molar-refractivity contribution in [1.82, 2.24) is 0 Å². The summed E-state index contributed by atoms with van der Waals surface area (Å²) >= 11 is 18.2. The first-order valence-corrected chi connectivity index (χ1v) is 6.88. The maximum absolute atomic E-state index is 11.8. The van der Waals surface area contributed by atoms with Gasteiger partial charge >= 0.3 is 5.97 Å².